The topological polar surface area (TPSA) is 90.5 Å². The van der Waals surface area contributed by atoms with E-state index < -0.39 is 18.4 Å². The molecule has 0 radical (unpaired) electrons. The van der Waals surface area contributed by atoms with Crippen LogP contribution >= 0.6 is 12.2 Å². The van der Waals surface area contributed by atoms with E-state index in [9.17, 15) is 14.0 Å². The predicted molar refractivity (Wildman–Crippen MR) is 92.7 cm³/mol. The second-order valence-electron chi connectivity index (χ2n) is 4.74. The Balaban J connectivity index is 1.92. The number of aliphatic carboxylic acids is 1. The average Bonchev–Trinajstić information content (AvgIpc) is 2.53. The van der Waals surface area contributed by atoms with Crippen molar-refractivity contribution in [3.63, 3.8) is 0 Å². The standard InChI is InChI=1S/C16H14FN3O3S/c17-11-2-1-3-13(8-11)20-16(24)19-12-6-4-10(5-7-12)15(23)18-9-14(21)22/h1-8H,9H2,(H,18,23)(H,21,22)(H2,19,20,24). The summed E-state index contributed by atoms with van der Waals surface area (Å²) in [5.74, 6) is -1.97. The number of hydrogen-bond acceptors (Lipinski definition) is 3. The van der Waals surface area contributed by atoms with Gasteiger partial charge in [-0.2, -0.15) is 0 Å². The van der Waals surface area contributed by atoms with Crippen molar-refractivity contribution < 1.29 is 19.1 Å². The normalized spacial score (nSPS) is 9.88. The minimum absolute atomic E-state index is 0.267. The zero-order valence-corrected chi connectivity index (χ0v) is 13.2. The van der Waals surface area contributed by atoms with E-state index in [0.717, 1.165) is 0 Å². The third-order valence-corrected chi connectivity index (χ3v) is 3.09. The van der Waals surface area contributed by atoms with Crippen molar-refractivity contribution in [1.82, 2.24) is 5.32 Å². The number of amides is 1. The van der Waals surface area contributed by atoms with E-state index in [4.69, 9.17) is 17.3 Å². The van der Waals surface area contributed by atoms with E-state index >= 15 is 0 Å². The molecule has 0 saturated heterocycles. The van der Waals surface area contributed by atoms with Gasteiger partial charge in [0, 0.05) is 16.9 Å². The lowest BCUT2D eigenvalue weighted by molar-refractivity contribution is -0.135. The van der Waals surface area contributed by atoms with Crippen molar-refractivity contribution in [2.45, 2.75) is 0 Å². The van der Waals surface area contributed by atoms with E-state index in [1.54, 1.807) is 24.3 Å². The van der Waals surface area contributed by atoms with E-state index in [0.29, 0.717) is 16.9 Å². The highest BCUT2D eigenvalue weighted by atomic mass is 32.1. The molecular weight excluding hydrogens is 333 g/mol. The number of carboxylic acids is 1. The second-order valence-corrected chi connectivity index (χ2v) is 5.15. The van der Waals surface area contributed by atoms with Crippen LogP contribution in [0.4, 0.5) is 15.8 Å². The number of nitrogens with one attached hydrogen (secondary N) is 3. The minimum atomic E-state index is -1.12. The highest BCUT2D eigenvalue weighted by molar-refractivity contribution is 7.80. The van der Waals surface area contributed by atoms with E-state index in [1.165, 1.54) is 24.3 Å². The minimum Gasteiger partial charge on any atom is -0.480 e. The fourth-order valence-corrected chi connectivity index (χ4v) is 2.06. The van der Waals surface area contributed by atoms with Crippen LogP contribution in [0.2, 0.25) is 0 Å². The highest BCUT2D eigenvalue weighted by Gasteiger charge is 2.07. The summed E-state index contributed by atoms with van der Waals surface area (Å²) in [5, 5.41) is 16.8. The molecule has 8 heteroatoms. The second kappa shape index (κ2) is 8.02. The molecule has 2 aromatic carbocycles. The number of carbonyl (C=O) groups excluding carboxylic acids is 1. The Labute approximate surface area is 142 Å². The van der Waals surface area contributed by atoms with Crippen molar-refractivity contribution in [3.05, 3.63) is 59.9 Å². The molecule has 4 N–H and O–H groups in total. The monoisotopic (exact) mass is 347 g/mol. The first-order chi connectivity index (χ1) is 11.4. The van der Waals surface area contributed by atoms with Crippen molar-refractivity contribution >= 4 is 40.6 Å². The molecule has 6 nitrogen and oxygen atoms in total. The van der Waals surface area contributed by atoms with Gasteiger partial charge in [-0.15, -0.1) is 0 Å². The largest absolute Gasteiger partial charge is 0.480 e. The van der Waals surface area contributed by atoms with E-state index in [1.807, 2.05) is 0 Å². The van der Waals surface area contributed by atoms with Crippen molar-refractivity contribution in [3.8, 4) is 0 Å². The SMILES string of the molecule is O=C(O)CNC(=O)c1ccc(NC(=S)Nc2cccc(F)c2)cc1. The Morgan fingerprint density at radius 1 is 1.04 bits per heavy atom. The molecule has 0 aromatic heterocycles. The van der Waals surface area contributed by atoms with Crippen LogP contribution < -0.4 is 16.0 Å². The van der Waals surface area contributed by atoms with Crippen LogP contribution in [-0.4, -0.2) is 28.6 Å². The number of benzene rings is 2. The molecule has 0 aliphatic heterocycles. The first kappa shape index (κ1) is 17.4. The van der Waals surface area contributed by atoms with Crippen LogP contribution in [0.25, 0.3) is 0 Å². The molecule has 0 bridgehead atoms. The maximum absolute atomic E-state index is 13.1. The molecule has 0 aliphatic carbocycles. The molecule has 1 amide bonds. The molecule has 124 valence electrons. The average molecular weight is 347 g/mol. The van der Waals surface area contributed by atoms with E-state index in [2.05, 4.69) is 16.0 Å². The summed E-state index contributed by atoms with van der Waals surface area (Å²) in [6.45, 7) is -0.444. The van der Waals surface area contributed by atoms with Gasteiger partial charge in [0.25, 0.3) is 5.91 Å². The van der Waals surface area contributed by atoms with Crippen LogP contribution in [0.5, 0.6) is 0 Å². The lowest BCUT2D eigenvalue weighted by Gasteiger charge is -2.11. The molecule has 0 saturated carbocycles. The zero-order valence-electron chi connectivity index (χ0n) is 12.4. The summed E-state index contributed by atoms with van der Waals surface area (Å²) in [6.07, 6.45) is 0. The smallest absolute Gasteiger partial charge is 0.322 e. The Bertz CT molecular complexity index is 765. The third-order valence-electron chi connectivity index (χ3n) is 2.89. The molecule has 0 spiro atoms. The van der Waals surface area contributed by atoms with Crippen molar-refractivity contribution in [1.29, 1.82) is 0 Å². The summed E-state index contributed by atoms with van der Waals surface area (Å²) >= 11 is 5.13. The lowest BCUT2D eigenvalue weighted by atomic mass is 10.2. The summed E-state index contributed by atoms with van der Waals surface area (Å²) in [6, 6.07) is 12.2. The Morgan fingerprint density at radius 3 is 2.33 bits per heavy atom. The molecule has 24 heavy (non-hydrogen) atoms. The quantitative estimate of drug-likeness (QED) is 0.621. The third kappa shape index (κ3) is 5.33. The Hall–Kier alpha value is -3.00. The zero-order chi connectivity index (χ0) is 17.5. The molecule has 0 fully saturated rings. The maximum atomic E-state index is 13.1. The molecular formula is C16H14FN3O3S. The fraction of sp³-hybridized carbons (Fsp3) is 0.0625. The van der Waals surface area contributed by atoms with Gasteiger partial charge in [-0.1, -0.05) is 6.07 Å². The molecule has 0 unspecified atom stereocenters. The maximum Gasteiger partial charge on any atom is 0.322 e. The van der Waals surface area contributed by atoms with Crippen LogP contribution in [0.15, 0.2) is 48.5 Å². The van der Waals surface area contributed by atoms with Crippen LogP contribution in [0, 0.1) is 5.82 Å². The number of rotatable bonds is 5. The van der Waals surface area contributed by atoms with Crippen molar-refractivity contribution in [2.24, 2.45) is 0 Å². The highest BCUT2D eigenvalue weighted by Crippen LogP contribution is 2.12. The summed E-state index contributed by atoms with van der Waals surface area (Å²) in [5.41, 5.74) is 1.46. The number of anilines is 2. The number of halogens is 1. The first-order valence-corrected chi connectivity index (χ1v) is 7.28. The number of hydrogen-bond donors (Lipinski definition) is 4. The van der Waals surface area contributed by atoms with Crippen LogP contribution in [0.3, 0.4) is 0 Å². The van der Waals surface area contributed by atoms with Gasteiger partial charge < -0.3 is 21.1 Å². The van der Waals surface area contributed by atoms with E-state index in [-0.39, 0.29) is 10.9 Å². The Morgan fingerprint density at radius 2 is 1.71 bits per heavy atom. The number of carbonyl (C=O) groups is 2. The molecule has 2 rings (SSSR count). The van der Waals surface area contributed by atoms with Gasteiger partial charge in [0.15, 0.2) is 5.11 Å². The first-order valence-electron chi connectivity index (χ1n) is 6.87. The van der Waals surface area contributed by atoms with Gasteiger partial charge in [0.1, 0.15) is 12.4 Å². The molecule has 0 aliphatic rings. The lowest BCUT2D eigenvalue weighted by Crippen LogP contribution is -2.29. The number of carboxylic acid groups (broad SMARTS) is 1. The summed E-state index contributed by atoms with van der Waals surface area (Å²) in [4.78, 5) is 22.1. The van der Waals surface area contributed by atoms with Gasteiger partial charge in [0.2, 0.25) is 0 Å². The van der Waals surface area contributed by atoms with Gasteiger partial charge in [-0.3, -0.25) is 9.59 Å². The van der Waals surface area contributed by atoms with Gasteiger partial charge in [0.05, 0.1) is 0 Å². The molecule has 0 atom stereocenters. The van der Waals surface area contributed by atoms with Crippen molar-refractivity contribution in [2.75, 3.05) is 17.2 Å². The van der Waals surface area contributed by atoms with Gasteiger partial charge >= 0.3 is 5.97 Å². The number of thiocarbonyl (C=S) groups is 1. The summed E-state index contributed by atoms with van der Waals surface area (Å²) in [7, 11) is 0. The van der Waals surface area contributed by atoms with Gasteiger partial charge in [-0.05, 0) is 54.7 Å². The van der Waals surface area contributed by atoms with Crippen LogP contribution in [0.1, 0.15) is 10.4 Å². The summed E-state index contributed by atoms with van der Waals surface area (Å²) < 4.78 is 13.1. The molecule has 0 heterocycles. The van der Waals surface area contributed by atoms with Crippen LogP contribution in [-0.2, 0) is 4.79 Å². The Kier molecular flexibility index (Phi) is 5.80. The molecule has 2 aromatic rings. The predicted octanol–water partition coefficient (Wildman–Crippen LogP) is 2.45. The fourth-order valence-electron chi connectivity index (χ4n) is 1.82. The van der Waals surface area contributed by atoms with Gasteiger partial charge in [-0.25, -0.2) is 4.39 Å².